The number of quaternary nitrogens is 1. The van der Waals surface area contributed by atoms with Crippen LogP contribution in [0.4, 0.5) is 0 Å². The molecule has 0 saturated carbocycles. The van der Waals surface area contributed by atoms with Crippen molar-refractivity contribution in [1.82, 2.24) is 0 Å². The van der Waals surface area contributed by atoms with Gasteiger partial charge in [0, 0.05) is 0 Å². The van der Waals surface area contributed by atoms with Crippen molar-refractivity contribution in [1.29, 1.82) is 0 Å². The Balaban J connectivity index is 0. The van der Waals surface area contributed by atoms with Crippen LogP contribution in [0.2, 0.25) is 0 Å². The number of hydrogen-bond donors (Lipinski definition) is 0. The van der Waals surface area contributed by atoms with Gasteiger partial charge >= 0.3 is 0 Å². The smallest absolute Gasteiger partial charge is 0.217 e. The number of hydrogen-bond acceptors (Lipinski definition) is 4. The first-order valence-corrected chi connectivity index (χ1v) is 12.4. The number of unbranched alkanes of at least 4 members (excludes halogenated alkanes) is 12. The van der Waals surface area contributed by atoms with Gasteiger partial charge in [0.1, 0.15) is 0 Å². The molecule has 0 aromatic carbocycles. The van der Waals surface area contributed by atoms with Gasteiger partial charge in [-0.05, 0) is 26.7 Å². The summed E-state index contributed by atoms with van der Waals surface area (Å²) < 4.78 is 33.2. The fourth-order valence-corrected chi connectivity index (χ4v) is 3.15. The number of nitrogens with zero attached hydrogens (tertiary/aromatic N) is 1. The molecular formula is C21H47NO4S. The van der Waals surface area contributed by atoms with E-state index in [1.54, 1.807) is 0 Å². The van der Waals surface area contributed by atoms with E-state index < -0.39 is 10.4 Å². The maximum atomic E-state index is 9.45. The van der Waals surface area contributed by atoms with Crippen LogP contribution in [0.1, 0.15) is 104 Å². The van der Waals surface area contributed by atoms with Crippen LogP contribution in [0, 0.1) is 0 Å². The molecule has 0 aliphatic carbocycles. The molecule has 166 valence electrons. The van der Waals surface area contributed by atoms with Crippen LogP contribution in [-0.4, -0.2) is 51.2 Å². The molecule has 0 aliphatic heterocycles. The second-order valence-electron chi connectivity index (χ2n) is 8.03. The zero-order valence-corrected chi connectivity index (χ0v) is 19.6. The summed E-state index contributed by atoms with van der Waals surface area (Å²) >= 11 is 0. The molecule has 0 fully saturated rings. The summed E-state index contributed by atoms with van der Waals surface area (Å²) in [5.41, 5.74) is 0. The minimum absolute atomic E-state index is 0.0914. The Bertz CT molecular complexity index is 397. The van der Waals surface area contributed by atoms with Gasteiger partial charge in [-0.15, -0.1) is 0 Å². The molecule has 0 unspecified atom stereocenters. The zero-order chi connectivity index (χ0) is 21.0. The first-order chi connectivity index (χ1) is 12.7. The van der Waals surface area contributed by atoms with Crippen LogP contribution in [0.15, 0.2) is 0 Å². The highest BCUT2D eigenvalue weighted by Gasteiger charge is 2.09. The van der Waals surface area contributed by atoms with E-state index in [4.69, 9.17) is 0 Å². The van der Waals surface area contributed by atoms with Crippen LogP contribution >= 0.6 is 0 Å². The van der Waals surface area contributed by atoms with Crippen molar-refractivity contribution >= 4 is 10.4 Å². The van der Waals surface area contributed by atoms with E-state index >= 15 is 0 Å². The fourth-order valence-electron chi connectivity index (χ4n) is 2.86. The lowest BCUT2D eigenvalue weighted by Crippen LogP contribution is -2.39. The van der Waals surface area contributed by atoms with Gasteiger partial charge in [-0.1, -0.05) is 77.6 Å². The lowest BCUT2D eigenvalue weighted by atomic mass is 10.0. The third-order valence-electron chi connectivity index (χ3n) is 4.99. The lowest BCUT2D eigenvalue weighted by Gasteiger charge is -2.28. The molecule has 5 nitrogen and oxygen atoms in total. The largest absolute Gasteiger partial charge is 0.726 e. The van der Waals surface area contributed by atoms with Gasteiger partial charge in [-0.25, -0.2) is 8.42 Å². The van der Waals surface area contributed by atoms with Gasteiger partial charge < -0.3 is 9.04 Å². The van der Waals surface area contributed by atoms with Gasteiger partial charge in [0.15, 0.2) is 0 Å². The van der Waals surface area contributed by atoms with Crippen LogP contribution in [0.3, 0.4) is 0 Å². The van der Waals surface area contributed by atoms with E-state index in [2.05, 4.69) is 32.1 Å². The molecule has 0 bridgehead atoms. The Morgan fingerprint density at radius 3 is 1.33 bits per heavy atom. The average molecular weight is 410 g/mol. The minimum Gasteiger partial charge on any atom is -0.726 e. The van der Waals surface area contributed by atoms with Crippen molar-refractivity contribution < 1.29 is 21.6 Å². The summed E-state index contributed by atoms with van der Waals surface area (Å²) in [5.74, 6) is 0. The summed E-state index contributed by atoms with van der Waals surface area (Å²) in [5, 5.41) is 0. The van der Waals surface area contributed by atoms with Gasteiger partial charge in [-0.2, -0.15) is 0 Å². The van der Waals surface area contributed by atoms with E-state index in [1.807, 2.05) is 0 Å². The Hall–Kier alpha value is -0.170. The maximum absolute atomic E-state index is 9.45. The highest BCUT2D eigenvalue weighted by atomic mass is 32.3. The Morgan fingerprint density at radius 1 is 0.704 bits per heavy atom. The van der Waals surface area contributed by atoms with E-state index in [-0.39, 0.29) is 6.61 Å². The van der Waals surface area contributed by atoms with Crippen LogP contribution < -0.4 is 0 Å². The molecular weight excluding hydrogens is 362 g/mol. The summed E-state index contributed by atoms with van der Waals surface area (Å²) in [4.78, 5) is 0. The van der Waals surface area contributed by atoms with Gasteiger partial charge in [0.25, 0.3) is 0 Å². The van der Waals surface area contributed by atoms with Crippen molar-refractivity contribution in [2.45, 2.75) is 104 Å². The first kappa shape index (κ1) is 29.0. The standard InChI is InChI=1S/C19H42N.C2H6O4S/c1-5-7-8-9-10-11-12-13-14-15-16-17-18-19-20(3,4)6-2;1-2-6-7(3,4)5/h5-19H2,1-4H3;2H2,1H3,(H,3,4,5)/q+1;/p-1. The molecule has 0 amide bonds. The highest BCUT2D eigenvalue weighted by Crippen LogP contribution is 2.13. The molecule has 0 atom stereocenters. The molecule has 27 heavy (non-hydrogen) atoms. The Labute approximate surface area is 170 Å². The van der Waals surface area contributed by atoms with Crippen molar-refractivity contribution in [2.24, 2.45) is 0 Å². The van der Waals surface area contributed by atoms with Crippen LogP contribution in [-0.2, 0) is 14.6 Å². The molecule has 0 rings (SSSR count). The Morgan fingerprint density at radius 2 is 1.07 bits per heavy atom. The molecule has 0 aromatic rings. The lowest BCUT2D eigenvalue weighted by molar-refractivity contribution is -0.888. The minimum atomic E-state index is -4.42. The van der Waals surface area contributed by atoms with Crippen molar-refractivity contribution in [2.75, 3.05) is 33.8 Å². The third-order valence-corrected chi connectivity index (χ3v) is 5.51. The molecule has 0 radical (unpaired) electrons. The van der Waals surface area contributed by atoms with Gasteiger partial charge in [0.2, 0.25) is 10.4 Å². The molecule has 0 saturated heterocycles. The summed E-state index contributed by atoms with van der Waals surface area (Å²) in [6, 6.07) is 0. The fraction of sp³-hybridized carbons (Fsp3) is 1.00. The predicted molar refractivity (Wildman–Crippen MR) is 115 cm³/mol. The van der Waals surface area contributed by atoms with E-state index in [9.17, 15) is 13.0 Å². The summed E-state index contributed by atoms with van der Waals surface area (Å²) in [6.45, 7) is 8.54. The molecule has 0 heterocycles. The summed E-state index contributed by atoms with van der Waals surface area (Å²) in [7, 11) is 0.271. The maximum Gasteiger partial charge on any atom is 0.217 e. The average Bonchev–Trinajstić information content (AvgIpc) is 2.58. The second kappa shape index (κ2) is 19.2. The molecule has 0 spiro atoms. The van der Waals surface area contributed by atoms with Crippen molar-refractivity contribution in [3.05, 3.63) is 0 Å². The van der Waals surface area contributed by atoms with E-state index in [1.165, 1.54) is 108 Å². The first-order valence-electron chi connectivity index (χ1n) is 11.1. The Kier molecular flexibility index (Phi) is 20.6. The molecule has 6 heteroatoms. The molecule has 0 aliphatic rings. The van der Waals surface area contributed by atoms with Crippen molar-refractivity contribution in [3.8, 4) is 0 Å². The SMILES string of the molecule is CCCCCCCCCCCCCCC[N+](C)(C)CC.CCOS(=O)(=O)[O-]. The topological polar surface area (TPSA) is 66.4 Å². The number of rotatable bonds is 17. The van der Waals surface area contributed by atoms with Gasteiger partial charge in [-0.3, -0.25) is 4.18 Å². The third kappa shape index (κ3) is 28.1. The molecule has 0 N–H and O–H groups in total. The van der Waals surface area contributed by atoms with Crippen LogP contribution in [0.25, 0.3) is 0 Å². The highest BCUT2D eigenvalue weighted by molar-refractivity contribution is 7.80. The van der Waals surface area contributed by atoms with E-state index in [0.717, 1.165) is 0 Å². The van der Waals surface area contributed by atoms with Crippen LogP contribution in [0.5, 0.6) is 0 Å². The van der Waals surface area contributed by atoms with Crippen molar-refractivity contribution in [3.63, 3.8) is 0 Å². The summed E-state index contributed by atoms with van der Waals surface area (Å²) in [6.07, 6.45) is 18.9. The normalized spacial score (nSPS) is 11.9. The monoisotopic (exact) mass is 409 g/mol. The van der Waals surface area contributed by atoms with E-state index in [0.29, 0.717) is 0 Å². The second-order valence-corrected chi connectivity index (χ2v) is 9.09. The quantitative estimate of drug-likeness (QED) is 0.135. The predicted octanol–water partition coefficient (Wildman–Crippen LogP) is 5.66. The zero-order valence-electron chi connectivity index (χ0n) is 18.8. The van der Waals surface area contributed by atoms with Gasteiger partial charge in [0.05, 0.1) is 33.8 Å². The molecule has 0 aromatic heterocycles.